The molecule has 0 aliphatic heterocycles. The fraction of sp³-hybridized carbons (Fsp3) is 0.212. The first-order valence-electron chi connectivity index (χ1n) is 13.7. The van der Waals surface area contributed by atoms with E-state index in [1.54, 1.807) is 0 Å². The van der Waals surface area contributed by atoms with E-state index in [2.05, 4.69) is 328 Å². The van der Waals surface area contributed by atoms with Gasteiger partial charge in [-0.05, 0) is 92.1 Å². The van der Waals surface area contributed by atoms with E-state index in [9.17, 15) is 0 Å². The molecule has 0 saturated carbocycles. The van der Waals surface area contributed by atoms with Crippen LogP contribution >= 0.6 is 255 Å². The molecule has 6 aromatic rings. The fourth-order valence-electron chi connectivity index (χ4n) is 6.01. The molecule has 6 rings (SSSR count). The molecule has 258 valence electrons. The highest BCUT2D eigenvalue weighted by Crippen LogP contribution is 2.79. The summed E-state index contributed by atoms with van der Waals surface area (Å²) in [6.07, 6.45) is 0. The van der Waals surface area contributed by atoms with E-state index in [0.29, 0.717) is 0 Å². The van der Waals surface area contributed by atoms with Crippen molar-refractivity contribution < 1.29 is 0 Å². The first-order valence-corrected chi connectivity index (χ1v) is 26.3. The largest absolute Gasteiger partial charge is 0.156 e. The SMILES string of the molecule is Brc1c(Br)c2ccc3cccc4ccc(c1C(Br)(C(Br)(Br)Br)C(Br)(Br)C(Br)(Br)C(Br)(Br)C(Br)(Br)C(Br)(Br)c1ccc5ccccc5c1)c2c34. The summed E-state index contributed by atoms with van der Waals surface area (Å²) in [5.74, 6) is 0. The molecule has 49 heavy (non-hydrogen) atoms. The van der Waals surface area contributed by atoms with E-state index in [-0.39, 0.29) is 0 Å². The Kier molecular flexibility index (Phi) is 13.0. The molecule has 6 aromatic carbocycles. The number of rotatable bonds is 7. The normalized spacial score (nSPS) is 15.5. The Labute approximate surface area is 418 Å². The van der Waals surface area contributed by atoms with Gasteiger partial charge in [0, 0.05) is 8.95 Å². The quantitative estimate of drug-likeness (QED) is 0.110. The molecule has 1 atom stereocenters. The molecule has 0 nitrogen and oxygen atoms in total. The van der Waals surface area contributed by atoms with E-state index < -0.39 is 22.6 Å². The maximum Gasteiger partial charge on any atom is 0.156 e. The minimum Gasteiger partial charge on any atom is -0.0740 e. The first-order chi connectivity index (χ1) is 22.5. The van der Waals surface area contributed by atoms with Crippen molar-refractivity contribution in [1.29, 1.82) is 0 Å². The van der Waals surface area contributed by atoms with Gasteiger partial charge in [0.2, 0.25) is 0 Å². The highest BCUT2D eigenvalue weighted by Gasteiger charge is 2.76. The summed E-state index contributed by atoms with van der Waals surface area (Å²) >= 11 is 65.7. The number of alkyl halides is 14. The van der Waals surface area contributed by atoms with E-state index in [4.69, 9.17) is 0 Å². The van der Waals surface area contributed by atoms with E-state index >= 15 is 0 Å². The molecule has 0 radical (unpaired) electrons. The van der Waals surface area contributed by atoms with Crippen LogP contribution in [-0.2, 0) is 7.56 Å². The lowest BCUT2D eigenvalue weighted by atomic mass is 9.85. The second-order valence-electron chi connectivity index (χ2n) is 11.3. The van der Waals surface area contributed by atoms with Crippen molar-refractivity contribution in [3.8, 4) is 0 Å². The topological polar surface area (TPSA) is 0 Å². The minimum atomic E-state index is -1.15. The molecule has 0 heterocycles. The van der Waals surface area contributed by atoms with Crippen molar-refractivity contribution >= 4 is 298 Å². The van der Waals surface area contributed by atoms with E-state index in [1.165, 1.54) is 16.2 Å². The summed E-state index contributed by atoms with van der Waals surface area (Å²) < 4.78 is -5.61. The summed E-state index contributed by atoms with van der Waals surface area (Å²) in [6.45, 7) is 0. The molecule has 16 heteroatoms. The van der Waals surface area contributed by atoms with Crippen molar-refractivity contribution in [2.24, 2.45) is 0 Å². The molecule has 0 aromatic heterocycles. The van der Waals surface area contributed by atoms with Crippen molar-refractivity contribution in [3.05, 3.63) is 105 Å². The summed E-state index contributed by atoms with van der Waals surface area (Å²) in [5.41, 5.74) is 1.89. The predicted octanol–water partition coefficient (Wildman–Crippen LogP) is 19.3. The summed E-state index contributed by atoms with van der Waals surface area (Å²) in [4.78, 5) is 0. The average molecular weight is 1690 g/mol. The molecule has 0 aliphatic rings. The van der Waals surface area contributed by atoms with Crippen LogP contribution in [0, 0.1) is 0 Å². The van der Waals surface area contributed by atoms with Crippen molar-refractivity contribution in [3.63, 3.8) is 0 Å². The third kappa shape index (κ3) is 6.53. The zero-order valence-electron chi connectivity index (χ0n) is 23.6. The average Bonchev–Trinajstić information content (AvgIpc) is 3.03. The van der Waals surface area contributed by atoms with Gasteiger partial charge < -0.3 is 0 Å². The van der Waals surface area contributed by atoms with Crippen LogP contribution in [0.2, 0.25) is 0 Å². The summed E-state index contributed by atoms with van der Waals surface area (Å²) in [7, 11) is 0. The molecular weight excluding hydrogens is 1670 g/mol. The second-order valence-corrected chi connectivity index (χ2v) is 38.0. The lowest BCUT2D eigenvalue weighted by Gasteiger charge is -2.58. The summed E-state index contributed by atoms with van der Waals surface area (Å²) in [5, 5.41) is 9.07. The van der Waals surface area contributed by atoms with Gasteiger partial charge in [-0.15, -0.1) is 0 Å². The van der Waals surface area contributed by atoms with Gasteiger partial charge in [0.1, 0.15) is 20.5 Å². The van der Waals surface area contributed by atoms with Crippen LogP contribution in [0.4, 0.5) is 0 Å². The van der Waals surface area contributed by atoms with Gasteiger partial charge in [-0.1, -0.05) is 302 Å². The molecule has 1 unspecified atom stereocenters. The van der Waals surface area contributed by atoms with Gasteiger partial charge in [0.25, 0.3) is 0 Å². The Morgan fingerprint density at radius 3 is 1.45 bits per heavy atom. The molecule has 0 amide bonds. The fourth-order valence-corrected chi connectivity index (χ4v) is 21.1. The third-order valence-electron chi connectivity index (χ3n) is 8.55. The van der Waals surface area contributed by atoms with Crippen molar-refractivity contribution in [2.45, 2.75) is 22.6 Å². The molecule has 0 N–H and O–H groups in total. The van der Waals surface area contributed by atoms with Crippen LogP contribution in [0.3, 0.4) is 0 Å². The minimum absolute atomic E-state index is 0.863. The van der Waals surface area contributed by atoms with Crippen molar-refractivity contribution in [2.75, 3.05) is 0 Å². The highest BCUT2D eigenvalue weighted by molar-refractivity contribution is 9.40. The monoisotopic (exact) mass is 1670 g/mol. The maximum atomic E-state index is 4.33. The van der Waals surface area contributed by atoms with Gasteiger partial charge in [-0.3, -0.25) is 0 Å². The smallest absolute Gasteiger partial charge is 0.0740 e. The van der Waals surface area contributed by atoms with Crippen LogP contribution < -0.4 is 0 Å². The molecule has 0 bridgehead atoms. The second kappa shape index (κ2) is 14.8. The Balaban J connectivity index is 1.60. The van der Waals surface area contributed by atoms with Gasteiger partial charge in [-0.25, -0.2) is 0 Å². The molecule has 0 saturated heterocycles. The standard InChI is InChI=1S/C33H14Br16/c34-25-21-13-10-17-7-3-6-16-9-12-20(23(21)22(16)17)24(26(25)35)27(36,33(47,48)49)29(39,40)31(43,44)32(45,46)30(41,42)28(37,38)19-11-8-15-4-1-2-5-18(15)14-19/h1-14H. The number of benzene rings is 6. The van der Waals surface area contributed by atoms with Gasteiger partial charge >= 0.3 is 0 Å². The lowest BCUT2D eigenvalue weighted by molar-refractivity contribution is 0.539. The zero-order valence-corrected chi connectivity index (χ0v) is 49.0. The Bertz CT molecular complexity index is 2240. The maximum absolute atomic E-state index is 4.33. The van der Waals surface area contributed by atoms with Crippen LogP contribution in [0.5, 0.6) is 0 Å². The zero-order chi connectivity index (χ0) is 36.3. The number of halogens is 16. The number of hydrogen-bond acceptors (Lipinski definition) is 0. The third-order valence-corrected chi connectivity index (χ3v) is 36.9. The van der Waals surface area contributed by atoms with E-state index in [0.717, 1.165) is 47.0 Å². The Morgan fingerprint density at radius 1 is 0.388 bits per heavy atom. The van der Waals surface area contributed by atoms with Crippen LogP contribution in [0.15, 0.2) is 93.9 Å². The Hall–Kier alpha value is 4.30. The molecule has 0 fully saturated rings. The van der Waals surface area contributed by atoms with Gasteiger partial charge in [0.05, 0.1) is 0 Å². The Morgan fingerprint density at radius 2 is 0.878 bits per heavy atom. The van der Waals surface area contributed by atoms with Crippen LogP contribution in [0.25, 0.3) is 43.1 Å². The molecule has 0 spiro atoms. The molecule has 0 aliphatic carbocycles. The molecular formula is C33H14Br16. The summed E-state index contributed by atoms with van der Waals surface area (Å²) in [6, 6.07) is 29.7. The number of hydrogen-bond donors (Lipinski definition) is 0. The number of fused-ring (bicyclic) bond motifs is 1. The predicted molar refractivity (Wildman–Crippen MR) is 271 cm³/mol. The van der Waals surface area contributed by atoms with Gasteiger partial charge in [0.15, 0.2) is 2.14 Å². The first kappa shape index (κ1) is 42.9. The van der Waals surface area contributed by atoms with E-state index in [1.807, 2.05) is 12.1 Å². The highest BCUT2D eigenvalue weighted by atomic mass is 80.0. The van der Waals surface area contributed by atoms with Gasteiger partial charge in [-0.2, -0.15) is 0 Å². The van der Waals surface area contributed by atoms with Crippen LogP contribution in [0.1, 0.15) is 11.1 Å². The van der Waals surface area contributed by atoms with Crippen LogP contribution in [-0.4, -0.2) is 15.1 Å². The van der Waals surface area contributed by atoms with Crippen molar-refractivity contribution in [1.82, 2.24) is 0 Å². The lowest BCUT2D eigenvalue weighted by Crippen LogP contribution is -2.66.